The molecule has 0 radical (unpaired) electrons. The van der Waals surface area contributed by atoms with Gasteiger partial charge in [0.15, 0.2) is 0 Å². The smallest absolute Gasteiger partial charge is 0.337 e. The molecule has 16 heavy (non-hydrogen) atoms. The van der Waals surface area contributed by atoms with Gasteiger partial charge in [-0.05, 0) is 12.5 Å². The van der Waals surface area contributed by atoms with Crippen molar-refractivity contribution in [1.82, 2.24) is 4.98 Å². The first kappa shape index (κ1) is 12.4. The number of hydrogen-bond acceptors (Lipinski definition) is 4. The van der Waals surface area contributed by atoms with Crippen LogP contribution >= 0.6 is 0 Å². The Morgan fingerprint density at radius 2 is 2.19 bits per heavy atom. The molecule has 0 fully saturated rings. The third-order valence-electron chi connectivity index (χ3n) is 1.81. The quantitative estimate of drug-likeness (QED) is 0.713. The number of pyridine rings is 1. The fourth-order valence-corrected chi connectivity index (χ4v) is 1.04. The lowest BCUT2D eigenvalue weighted by atomic mass is 10.3. The van der Waals surface area contributed by atoms with Crippen LogP contribution in [0.1, 0.15) is 23.7 Å². The standard InChI is InChI=1S/C11H15NO4/c1-2-5-15-6-7-16-10-4-3-9(8-12-10)11(13)14/h3-4,8H,2,5-7H2,1H3,(H,13,14). The van der Waals surface area contributed by atoms with Crippen molar-refractivity contribution in [3.05, 3.63) is 23.9 Å². The molecule has 0 unspecified atom stereocenters. The Kier molecular flexibility index (Phi) is 5.28. The van der Waals surface area contributed by atoms with Gasteiger partial charge in [-0.3, -0.25) is 0 Å². The van der Waals surface area contributed by atoms with Crippen LogP contribution < -0.4 is 4.74 Å². The predicted octanol–water partition coefficient (Wildman–Crippen LogP) is 1.59. The average Bonchev–Trinajstić information content (AvgIpc) is 2.29. The summed E-state index contributed by atoms with van der Waals surface area (Å²) in [6.07, 6.45) is 2.25. The highest BCUT2D eigenvalue weighted by molar-refractivity contribution is 5.87. The summed E-state index contributed by atoms with van der Waals surface area (Å²) >= 11 is 0. The van der Waals surface area contributed by atoms with Gasteiger partial charge in [-0.2, -0.15) is 0 Å². The summed E-state index contributed by atoms with van der Waals surface area (Å²) in [6.45, 7) is 3.68. The van der Waals surface area contributed by atoms with Crippen LogP contribution in [0.3, 0.4) is 0 Å². The number of aromatic carboxylic acids is 1. The molecule has 0 atom stereocenters. The van der Waals surface area contributed by atoms with Gasteiger partial charge in [0.05, 0.1) is 12.2 Å². The summed E-state index contributed by atoms with van der Waals surface area (Å²) in [4.78, 5) is 14.4. The van der Waals surface area contributed by atoms with Gasteiger partial charge < -0.3 is 14.6 Å². The summed E-state index contributed by atoms with van der Waals surface area (Å²) in [7, 11) is 0. The number of carboxylic acid groups (broad SMARTS) is 1. The van der Waals surface area contributed by atoms with Crippen LogP contribution in [-0.4, -0.2) is 35.9 Å². The van der Waals surface area contributed by atoms with Gasteiger partial charge >= 0.3 is 5.97 Å². The molecule has 88 valence electrons. The van der Waals surface area contributed by atoms with Crippen molar-refractivity contribution in [3.63, 3.8) is 0 Å². The van der Waals surface area contributed by atoms with E-state index in [0.717, 1.165) is 13.0 Å². The maximum absolute atomic E-state index is 10.5. The van der Waals surface area contributed by atoms with Crippen molar-refractivity contribution in [2.24, 2.45) is 0 Å². The van der Waals surface area contributed by atoms with Crippen LogP contribution in [0.4, 0.5) is 0 Å². The molecule has 1 aromatic rings. The topological polar surface area (TPSA) is 68.7 Å². The van der Waals surface area contributed by atoms with Crippen LogP contribution in [0.5, 0.6) is 5.88 Å². The number of rotatable bonds is 7. The number of hydrogen-bond donors (Lipinski definition) is 1. The fourth-order valence-electron chi connectivity index (χ4n) is 1.04. The van der Waals surface area contributed by atoms with Crippen molar-refractivity contribution < 1.29 is 19.4 Å². The highest BCUT2D eigenvalue weighted by Crippen LogP contribution is 2.07. The third-order valence-corrected chi connectivity index (χ3v) is 1.81. The normalized spacial score (nSPS) is 10.1. The largest absolute Gasteiger partial charge is 0.478 e. The Hall–Kier alpha value is -1.62. The van der Waals surface area contributed by atoms with Gasteiger partial charge in [-0.1, -0.05) is 6.92 Å². The number of aromatic nitrogens is 1. The van der Waals surface area contributed by atoms with Crippen molar-refractivity contribution in [1.29, 1.82) is 0 Å². The minimum atomic E-state index is -0.995. The maximum Gasteiger partial charge on any atom is 0.337 e. The zero-order chi connectivity index (χ0) is 11.8. The molecular formula is C11H15NO4. The predicted molar refractivity (Wildman–Crippen MR) is 57.8 cm³/mol. The van der Waals surface area contributed by atoms with Crippen LogP contribution in [0, 0.1) is 0 Å². The maximum atomic E-state index is 10.5. The molecular weight excluding hydrogens is 210 g/mol. The van der Waals surface area contributed by atoms with E-state index < -0.39 is 5.97 Å². The van der Waals surface area contributed by atoms with Gasteiger partial charge in [0.2, 0.25) is 5.88 Å². The second-order valence-electron chi connectivity index (χ2n) is 3.15. The second kappa shape index (κ2) is 6.79. The van der Waals surface area contributed by atoms with E-state index in [1.165, 1.54) is 18.3 Å². The molecule has 1 aromatic heterocycles. The molecule has 5 nitrogen and oxygen atoms in total. The molecule has 0 aliphatic heterocycles. The van der Waals surface area contributed by atoms with Gasteiger partial charge in [-0.25, -0.2) is 9.78 Å². The Balaban J connectivity index is 2.29. The number of nitrogens with zero attached hydrogens (tertiary/aromatic N) is 1. The highest BCUT2D eigenvalue weighted by atomic mass is 16.5. The van der Waals surface area contributed by atoms with Crippen molar-refractivity contribution in [2.75, 3.05) is 19.8 Å². The van der Waals surface area contributed by atoms with Gasteiger partial charge in [0.1, 0.15) is 6.61 Å². The van der Waals surface area contributed by atoms with Gasteiger partial charge in [0.25, 0.3) is 0 Å². The van der Waals surface area contributed by atoms with E-state index in [1.54, 1.807) is 0 Å². The first-order valence-corrected chi connectivity index (χ1v) is 5.14. The number of carbonyl (C=O) groups is 1. The minimum absolute atomic E-state index is 0.148. The Morgan fingerprint density at radius 3 is 2.75 bits per heavy atom. The van der Waals surface area contributed by atoms with Crippen LogP contribution in [0.15, 0.2) is 18.3 Å². The SMILES string of the molecule is CCCOCCOc1ccc(C(=O)O)cn1. The van der Waals surface area contributed by atoms with Gasteiger partial charge in [0, 0.05) is 18.9 Å². The molecule has 0 aromatic carbocycles. The first-order valence-electron chi connectivity index (χ1n) is 5.14. The van der Waals surface area contributed by atoms with Gasteiger partial charge in [-0.15, -0.1) is 0 Å². The Bertz CT molecular complexity index is 323. The summed E-state index contributed by atoms with van der Waals surface area (Å²) in [5.41, 5.74) is 0.148. The summed E-state index contributed by atoms with van der Waals surface area (Å²) < 4.78 is 10.5. The molecule has 5 heteroatoms. The molecule has 0 spiro atoms. The van der Waals surface area contributed by atoms with Crippen molar-refractivity contribution >= 4 is 5.97 Å². The summed E-state index contributed by atoms with van der Waals surface area (Å²) in [6, 6.07) is 2.99. The fraction of sp³-hybridized carbons (Fsp3) is 0.455. The molecule has 0 saturated carbocycles. The lowest BCUT2D eigenvalue weighted by Crippen LogP contribution is -2.08. The second-order valence-corrected chi connectivity index (χ2v) is 3.15. The Labute approximate surface area is 94.0 Å². The molecule has 0 amide bonds. The first-order chi connectivity index (χ1) is 7.74. The summed E-state index contributed by atoms with van der Waals surface area (Å²) in [5, 5.41) is 8.65. The lowest BCUT2D eigenvalue weighted by Gasteiger charge is -2.05. The lowest BCUT2D eigenvalue weighted by molar-refractivity contribution is 0.0696. The molecule has 0 bridgehead atoms. The summed E-state index contributed by atoms with van der Waals surface area (Å²) in [5.74, 6) is -0.588. The van der Waals surface area contributed by atoms with E-state index in [0.29, 0.717) is 19.1 Å². The minimum Gasteiger partial charge on any atom is -0.478 e. The number of ether oxygens (including phenoxy) is 2. The van der Waals surface area contributed by atoms with Crippen molar-refractivity contribution in [3.8, 4) is 5.88 Å². The van der Waals surface area contributed by atoms with Crippen LogP contribution in [-0.2, 0) is 4.74 Å². The Morgan fingerprint density at radius 1 is 1.38 bits per heavy atom. The molecule has 1 rings (SSSR count). The zero-order valence-electron chi connectivity index (χ0n) is 9.18. The zero-order valence-corrected chi connectivity index (χ0v) is 9.18. The molecule has 0 aliphatic rings. The van der Waals surface area contributed by atoms with E-state index in [-0.39, 0.29) is 5.56 Å². The molecule has 1 heterocycles. The highest BCUT2D eigenvalue weighted by Gasteiger charge is 2.02. The van der Waals surface area contributed by atoms with E-state index in [4.69, 9.17) is 14.6 Å². The third kappa shape index (κ3) is 4.27. The molecule has 1 N–H and O–H groups in total. The van der Waals surface area contributed by atoms with E-state index in [2.05, 4.69) is 4.98 Å². The van der Waals surface area contributed by atoms with Crippen LogP contribution in [0.2, 0.25) is 0 Å². The molecule has 0 aliphatic carbocycles. The monoisotopic (exact) mass is 225 g/mol. The van der Waals surface area contributed by atoms with E-state index in [9.17, 15) is 4.79 Å². The molecule has 0 saturated heterocycles. The van der Waals surface area contributed by atoms with Crippen LogP contribution in [0.25, 0.3) is 0 Å². The van der Waals surface area contributed by atoms with E-state index in [1.807, 2.05) is 6.92 Å². The van der Waals surface area contributed by atoms with E-state index >= 15 is 0 Å². The number of carboxylic acids is 1. The van der Waals surface area contributed by atoms with Crippen molar-refractivity contribution in [2.45, 2.75) is 13.3 Å². The average molecular weight is 225 g/mol.